The van der Waals surface area contributed by atoms with Crippen LogP contribution in [0.1, 0.15) is 13.3 Å². The molecule has 0 aliphatic carbocycles. The Bertz CT molecular complexity index is 517. The van der Waals surface area contributed by atoms with Crippen LogP contribution >= 0.6 is 0 Å². The Morgan fingerprint density at radius 3 is 2.89 bits per heavy atom. The molecule has 2 heterocycles. The number of nitrogens with one attached hydrogen (secondary N) is 1. The van der Waals surface area contributed by atoms with Crippen LogP contribution in [-0.2, 0) is 4.74 Å². The predicted octanol–water partition coefficient (Wildman–Crippen LogP) is 2.71. The van der Waals surface area contributed by atoms with Crippen LogP contribution in [0.15, 0.2) is 42.6 Å². The lowest BCUT2D eigenvalue weighted by Gasteiger charge is -2.18. The van der Waals surface area contributed by atoms with E-state index in [4.69, 9.17) is 4.74 Å². The van der Waals surface area contributed by atoms with Gasteiger partial charge in [0.25, 0.3) is 0 Å². The van der Waals surface area contributed by atoms with Crippen LogP contribution in [0.5, 0.6) is 0 Å². The number of anilines is 1. The molecule has 4 heteroatoms. The largest absolute Gasteiger partial charge is 0.381 e. The number of para-hydroxylation sites is 1. The fourth-order valence-electron chi connectivity index (χ4n) is 2.42. The average Bonchev–Trinajstić information content (AvgIpc) is 3.11. The highest BCUT2D eigenvalue weighted by molar-refractivity contribution is 5.38. The molecule has 2 aromatic rings. The monoisotopic (exact) mass is 257 g/mol. The molecule has 1 fully saturated rings. The van der Waals surface area contributed by atoms with E-state index < -0.39 is 0 Å². The van der Waals surface area contributed by atoms with E-state index in [0.717, 1.165) is 31.1 Å². The minimum atomic E-state index is 0.390. The molecule has 0 saturated carbocycles. The molecule has 1 saturated heterocycles. The SMILES string of the molecule is C[C@H](Nc1ccn(-c2ccccc2)n1)[C@@H]1CCOC1. The average molecular weight is 257 g/mol. The zero-order valence-corrected chi connectivity index (χ0v) is 11.1. The number of benzene rings is 1. The normalized spacial score (nSPS) is 20.4. The summed E-state index contributed by atoms with van der Waals surface area (Å²) in [5.74, 6) is 1.50. The summed E-state index contributed by atoms with van der Waals surface area (Å²) in [6.45, 7) is 3.93. The van der Waals surface area contributed by atoms with Gasteiger partial charge < -0.3 is 10.1 Å². The maximum absolute atomic E-state index is 5.42. The third kappa shape index (κ3) is 2.79. The van der Waals surface area contributed by atoms with Crippen LogP contribution in [0.2, 0.25) is 0 Å². The van der Waals surface area contributed by atoms with Crippen molar-refractivity contribution in [2.24, 2.45) is 5.92 Å². The van der Waals surface area contributed by atoms with Crippen molar-refractivity contribution in [1.82, 2.24) is 9.78 Å². The minimum absolute atomic E-state index is 0.390. The summed E-state index contributed by atoms with van der Waals surface area (Å²) >= 11 is 0. The second kappa shape index (κ2) is 5.45. The first-order valence-corrected chi connectivity index (χ1v) is 6.78. The first-order chi connectivity index (χ1) is 9.33. The van der Waals surface area contributed by atoms with Gasteiger partial charge in [-0.15, -0.1) is 0 Å². The summed E-state index contributed by atoms with van der Waals surface area (Å²) < 4.78 is 7.31. The maximum Gasteiger partial charge on any atom is 0.148 e. The topological polar surface area (TPSA) is 39.1 Å². The lowest BCUT2D eigenvalue weighted by Crippen LogP contribution is -2.26. The molecule has 0 radical (unpaired) electrons. The number of aromatic nitrogens is 2. The molecule has 0 spiro atoms. The Morgan fingerprint density at radius 2 is 2.16 bits per heavy atom. The molecule has 0 amide bonds. The molecule has 1 aromatic carbocycles. The Hall–Kier alpha value is -1.81. The highest BCUT2D eigenvalue weighted by Gasteiger charge is 2.22. The first-order valence-electron chi connectivity index (χ1n) is 6.78. The molecular formula is C15H19N3O. The summed E-state index contributed by atoms with van der Waals surface area (Å²) in [4.78, 5) is 0. The van der Waals surface area contributed by atoms with Crippen LogP contribution in [0.3, 0.4) is 0 Å². The molecule has 100 valence electrons. The quantitative estimate of drug-likeness (QED) is 0.915. The van der Waals surface area contributed by atoms with Crippen molar-refractivity contribution >= 4 is 5.82 Å². The van der Waals surface area contributed by atoms with E-state index >= 15 is 0 Å². The van der Waals surface area contributed by atoms with Gasteiger partial charge in [-0.25, -0.2) is 4.68 Å². The van der Waals surface area contributed by atoms with E-state index in [9.17, 15) is 0 Å². The van der Waals surface area contributed by atoms with Crippen LogP contribution in [0, 0.1) is 5.92 Å². The molecule has 4 nitrogen and oxygen atoms in total. The van der Waals surface area contributed by atoms with E-state index in [2.05, 4.69) is 17.3 Å². The highest BCUT2D eigenvalue weighted by Crippen LogP contribution is 2.20. The van der Waals surface area contributed by atoms with Gasteiger partial charge in [-0.1, -0.05) is 18.2 Å². The minimum Gasteiger partial charge on any atom is -0.381 e. The van der Waals surface area contributed by atoms with Crippen LogP contribution in [0.25, 0.3) is 5.69 Å². The number of hydrogen-bond donors (Lipinski definition) is 1. The van der Waals surface area contributed by atoms with Gasteiger partial charge >= 0.3 is 0 Å². The molecule has 3 rings (SSSR count). The van der Waals surface area contributed by atoms with Crippen molar-refractivity contribution in [3.63, 3.8) is 0 Å². The summed E-state index contributed by atoms with van der Waals surface area (Å²) in [6.07, 6.45) is 3.11. The Kier molecular flexibility index (Phi) is 3.51. The summed E-state index contributed by atoms with van der Waals surface area (Å²) in [6, 6.07) is 12.5. The van der Waals surface area contributed by atoms with Crippen molar-refractivity contribution in [1.29, 1.82) is 0 Å². The van der Waals surface area contributed by atoms with Gasteiger partial charge in [-0.2, -0.15) is 5.10 Å². The van der Waals surface area contributed by atoms with Gasteiger partial charge in [0.2, 0.25) is 0 Å². The number of rotatable bonds is 4. The number of ether oxygens (including phenoxy) is 1. The van der Waals surface area contributed by atoms with Gasteiger partial charge in [-0.3, -0.25) is 0 Å². The fourth-order valence-corrected chi connectivity index (χ4v) is 2.42. The molecule has 1 N–H and O–H groups in total. The molecule has 1 aliphatic heterocycles. The van der Waals surface area contributed by atoms with E-state index in [1.165, 1.54) is 0 Å². The molecule has 1 aliphatic rings. The summed E-state index contributed by atoms with van der Waals surface area (Å²) in [5, 5.41) is 8.02. The standard InChI is InChI=1S/C15H19N3O/c1-12(13-8-10-19-11-13)16-15-7-9-18(17-15)14-5-3-2-4-6-14/h2-7,9,12-13H,8,10-11H2,1H3,(H,16,17)/t12-,13+/m0/s1. The van der Waals surface area contributed by atoms with Crippen LogP contribution in [-0.4, -0.2) is 29.0 Å². The predicted molar refractivity (Wildman–Crippen MR) is 75.6 cm³/mol. The Labute approximate surface area is 113 Å². The fraction of sp³-hybridized carbons (Fsp3) is 0.400. The lowest BCUT2D eigenvalue weighted by molar-refractivity contribution is 0.183. The Balaban J connectivity index is 1.68. The van der Waals surface area contributed by atoms with E-state index in [-0.39, 0.29) is 0 Å². The molecule has 0 bridgehead atoms. The van der Waals surface area contributed by atoms with E-state index in [1.54, 1.807) is 0 Å². The second-order valence-electron chi connectivity index (χ2n) is 5.04. The van der Waals surface area contributed by atoms with Crippen LogP contribution in [0.4, 0.5) is 5.82 Å². The third-order valence-corrected chi connectivity index (χ3v) is 3.66. The van der Waals surface area contributed by atoms with Gasteiger partial charge in [-0.05, 0) is 25.5 Å². The van der Waals surface area contributed by atoms with E-state index in [1.807, 2.05) is 47.3 Å². The van der Waals surface area contributed by atoms with Crippen molar-refractivity contribution in [3.8, 4) is 5.69 Å². The highest BCUT2D eigenvalue weighted by atomic mass is 16.5. The zero-order valence-electron chi connectivity index (χ0n) is 11.1. The number of nitrogens with zero attached hydrogens (tertiary/aromatic N) is 2. The first kappa shape index (κ1) is 12.2. The Morgan fingerprint density at radius 1 is 1.32 bits per heavy atom. The zero-order chi connectivity index (χ0) is 13.1. The molecule has 19 heavy (non-hydrogen) atoms. The van der Waals surface area contributed by atoms with Crippen molar-refractivity contribution in [3.05, 3.63) is 42.6 Å². The van der Waals surface area contributed by atoms with Gasteiger partial charge in [0.15, 0.2) is 0 Å². The van der Waals surface area contributed by atoms with Gasteiger partial charge in [0, 0.05) is 30.8 Å². The molecular weight excluding hydrogens is 238 g/mol. The van der Waals surface area contributed by atoms with Crippen molar-refractivity contribution in [2.75, 3.05) is 18.5 Å². The molecule has 1 aromatic heterocycles. The smallest absolute Gasteiger partial charge is 0.148 e. The van der Waals surface area contributed by atoms with Crippen molar-refractivity contribution in [2.45, 2.75) is 19.4 Å². The van der Waals surface area contributed by atoms with Gasteiger partial charge in [0.1, 0.15) is 5.82 Å². The number of hydrogen-bond acceptors (Lipinski definition) is 3. The van der Waals surface area contributed by atoms with Crippen molar-refractivity contribution < 1.29 is 4.74 Å². The van der Waals surface area contributed by atoms with Gasteiger partial charge in [0.05, 0.1) is 12.3 Å². The van der Waals surface area contributed by atoms with E-state index in [0.29, 0.717) is 12.0 Å². The molecule has 2 atom stereocenters. The lowest BCUT2D eigenvalue weighted by atomic mass is 10.0. The molecule has 0 unspecified atom stereocenters. The summed E-state index contributed by atoms with van der Waals surface area (Å²) in [5.41, 5.74) is 1.08. The second-order valence-corrected chi connectivity index (χ2v) is 5.04. The maximum atomic E-state index is 5.42. The third-order valence-electron chi connectivity index (χ3n) is 3.66. The summed E-state index contributed by atoms with van der Waals surface area (Å²) in [7, 11) is 0. The van der Waals surface area contributed by atoms with Crippen LogP contribution < -0.4 is 5.32 Å².